The van der Waals surface area contributed by atoms with Crippen molar-refractivity contribution < 1.29 is 14.1 Å². The monoisotopic (exact) mass is 329 g/mol. The summed E-state index contributed by atoms with van der Waals surface area (Å²) in [6, 6.07) is 7.97. The summed E-state index contributed by atoms with van der Waals surface area (Å²) in [4.78, 5) is 18.5. The summed E-state index contributed by atoms with van der Waals surface area (Å²) in [5.74, 6) is 2.58. The fraction of sp³-hybridized carbons (Fsp3) is 0.500. The van der Waals surface area contributed by atoms with Gasteiger partial charge in [0, 0.05) is 25.9 Å². The van der Waals surface area contributed by atoms with Crippen LogP contribution in [0.5, 0.6) is 5.75 Å². The van der Waals surface area contributed by atoms with Crippen molar-refractivity contribution in [3.8, 4) is 5.75 Å². The van der Waals surface area contributed by atoms with Gasteiger partial charge in [-0.25, -0.2) is 0 Å². The molecule has 0 N–H and O–H groups in total. The normalized spacial score (nSPS) is 18.0. The Morgan fingerprint density at radius 2 is 2.12 bits per heavy atom. The predicted octanol–water partition coefficient (Wildman–Crippen LogP) is 2.59. The number of rotatable bonds is 6. The van der Waals surface area contributed by atoms with Crippen LogP contribution in [0, 0.1) is 0 Å². The SMILES string of the molecule is CCc1noc([C@@H]2CCC(=O)N(CCc3ccc(OC)cc3)C2)n1. The Kier molecular flexibility index (Phi) is 5.13. The van der Waals surface area contributed by atoms with Gasteiger partial charge < -0.3 is 14.2 Å². The highest BCUT2D eigenvalue weighted by molar-refractivity contribution is 5.77. The molecule has 1 fully saturated rings. The number of likely N-dealkylation sites (tertiary alicyclic amines) is 1. The lowest BCUT2D eigenvalue weighted by Gasteiger charge is -2.31. The number of hydrogen-bond donors (Lipinski definition) is 0. The molecule has 6 heteroatoms. The van der Waals surface area contributed by atoms with Gasteiger partial charge in [0.25, 0.3) is 0 Å². The molecule has 1 aliphatic heterocycles. The average Bonchev–Trinajstić information content (AvgIpc) is 3.10. The van der Waals surface area contributed by atoms with Crippen LogP contribution in [0.2, 0.25) is 0 Å². The van der Waals surface area contributed by atoms with Crippen molar-refractivity contribution >= 4 is 5.91 Å². The molecule has 2 heterocycles. The second-order valence-corrected chi connectivity index (χ2v) is 6.08. The zero-order chi connectivity index (χ0) is 16.9. The van der Waals surface area contributed by atoms with E-state index in [1.54, 1.807) is 7.11 Å². The Bertz CT molecular complexity index is 681. The van der Waals surface area contributed by atoms with Crippen LogP contribution in [-0.4, -0.2) is 41.1 Å². The highest BCUT2D eigenvalue weighted by Gasteiger charge is 2.29. The standard InChI is InChI=1S/C18H23N3O3/c1-3-16-19-18(24-20-16)14-6-9-17(22)21(12-14)11-10-13-4-7-15(23-2)8-5-13/h4-5,7-8,14H,3,6,9-12H2,1-2H3/t14-/m1/s1. The number of carbonyl (C=O) groups is 1. The van der Waals surface area contributed by atoms with Gasteiger partial charge in [-0.15, -0.1) is 0 Å². The Morgan fingerprint density at radius 1 is 1.33 bits per heavy atom. The van der Waals surface area contributed by atoms with Crippen molar-refractivity contribution in [1.29, 1.82) is 0 Å². The summed E-state index contributed by atoms with van der Waals surface area (Å²) >= 11 is 0. The topological polar surface area (TPSA) is 68.5 Å². The van der Waals surface area contributed by atoms with Crippen molar-refractivity contribution in [3.63, 3.8) is 0 Å². The van der Waals surface area contributed by atoms with Crippen LogP contribution in [0.3, 0.4) is 0 Å². The van der Waals surface area contributed by atoms with E-state index in [1.807, 2.05) is 36.1 Å². The fourth-order valence-electron chi connectivity index (χ4n) is 2.97. The smallest absolute Gasteiger partial charge is 0.231 e. The number of aromatic nitrogens is 2. The number of nitrogens with zero attached hydrogens (tertiary/aromatic N) is 3. The first-order valence-electron chi connectivity index (χ1n) is 8.42. The number of aryl methyl sites for hydroxylation is 1. The number of ether oxygens (including phenoxy) is 1. The molecule has 1 aromatic carbocycles. The van der Waals surface area contributed by atoms with Crippen LogP contribution in [0.15, 0.2) is 28.8 Å². The number of piperidine rings is 1. The van der Waals surface area contributed by atoms with Gasteiger partial charge in [-0.3, -0.25) is 4.79 Å². The second kappa shape index (κ2) is 7.47. The lowest BCUT2D eigenvalue weighted by atomic mass is 9.97. The molecule has 0 spiro atoms. The van der Waals surface area contributed by atoms with Crippen molar-refractivity contribution in [2.45, 2.75) is 38.5 Å². The molecule has 1 aliphatic rings. The van der Waals surface area contributed by atoms with E-state index in [-0.39, 0.29) is 11.8 Å². The summed E-state index contributed by atoms with van der Waals surface area (Å²) in [5, 5.41) is 3.96. The molecule has 3 rings (SSSR count). The number of amides is 1. The molecule has 1 atom stereocenters. The maximum atomic E-state index is 12.2. The van der Waals surface area contributed by atoms with E-state index in [1.165, 1.54) is 5.56 Å². The third kappa shape index (κ3) is 3.75. The van der Waals surface area contributed by atoms with E-state index >= 15 is 0 Å². The molecule has 24 heavy (non-hydrogen) atoms. The Labute approximate surface area is 141 Å². The predicted molar refractivity (Wildman–Crippen MR) is 88.9 cm³/mol. The Hall–Kier alpha value is -2.37. The van der Waals surface area contributed by atoms with E-state index in [4.69, 9.17) is 9.26 Å². The lowest BCUT2D eigenvalue weighted by Crippen LogP contribution is -2.40. The van der Waals surface area contributed by atoms with Crippen LogP contribution in [-0.2, 0) is 17.6 Å². The maximum Gasteiger partial charge on any atom is 0.231 e. The largest absolute Gasteiger partial charge is 0.497 e. The fourth-order valence-corrected chi connectivity index (χ4v) is 2.97. The van der Waals surface area contributed by atoms with E-state index in [2.05, 4.69) is 10.1 Å². The molecule has 1 aromatic heterocycles. The van der Waals surface area contributed by atoms with E-state index in [0.29, 0.717) is 25.4 Å². The van der Waals surface area contributed by atoms with Gasteiger partial charge in [-0.05, 0) is 30.5 Å². The van der Waals surface area contributed by atoms with Crippen LogP contribution in [0.1, 0.15) is 43.0 Å². The van der Waals surface area contributed by atoms with Crippen LogP contribution < -0.4 is 4.74 Å². The first kappa shape index (κ1) is 16.5. The van der Waals surface area contributed by atoms with Gasteiger partial charge >= 0.3 is 0 Å². The third-order valence-electron chi connectivity index (χ3n) is 4.48. The summed E-state index contributed by atoms with van der Waals surface area (Å²) in [6.45, 7) is 3.36. The molecule has 0 unspecified atom stereocenters. The van der Waals surface area contributed by atoms with Crippen molar-refractivity contribution in [2.75, 3.05) is 20.2 Å². The average molecular weight is 329 g/mol. The molecule has 2 aromatic rings. The minimum Gasteiger partial charge on any atom is -0.497 e. The number of hydrogen-bond acceptors (Lipinski definition) is 5. The van der Waals surface area contributed by atoms with Gasteiger partial charge in [-0.2, -0.15) is 4.98 Å². The molecule has 1 saturated heterocycles. The quantitative estimate of drug-likeness (QED) is 0.815. The molecular weight excluding hydrogens is 306 g/mol. The van der Waals surface area contributed by atoms with Crippen molar-refractivity contribution in [2.24, 2.45) is 0 Å². The van der Waals surface area contributed by atoms with Gasteiger partial charge in [-0.1, -0.05) is 24.2 Å². The zero-order valence-electron chi connectivity index (χ0n) is 14.2. The lowest BCUT2D eigenvalue weighted by molar-refractivity contribution is -0.133. The maximum absolute atomic E-state index is 12.2. The molecule has 6 nitrogen and oxygen atoms in total. The molecule has 0 radical (unpaired) electrons. The van der Waals surface area contributed by atoms with Gasteiger partial charge in [0.1, 0.15) is 5.75 Å². The summed E-state index contributed by atoms with van der Waals surface area (Å²) in [5.41, 5.74) is 1.19. The number of methoxy groups -OCH3 is 1. The minimum absolute atomic E-state index is 0.145. The van der Waals surface area contributed by atoms with Gasteiger partial charge in [0.15, 0.2) is 5.82 Å². The van der Waals surface area contributed by atoms with Gasteiger partial charge in [0.2, 0.25) is 11.8 Å². The minimum atomic E-state index is 0.145. The summed E-state index contributed by atoms with van der Waals surface area (Å²) < 4.78 is 10.5. The molecule has 1 amide bonds. The van der Waals surface area contributed by atoms with Crippen LogP contribution >= 0.6 is 0 Å². The molecular formula is C18H23N3O3. The zero-order valence-corrected chi connectivity index (χ0v) is 14.2. The summed E-state index contributed by atoms with van der Waals surface area (Å²) in [6.07, 6.45) is 2.91. The van der Waals surface area contributed by atoms with Crippen LogP contribution in [0.4, 0.5) is 0 Å². The van der Waals surface area contributed by atoms with Crippen LogP contribution in [0.25, 0.3) is 0 Å². The first-order valence-corrected chi connectivity index (χ1v) is 8.42. The van der Waals surface area contributed by atoms with E-state index in [0.717, 1.165) is 30.8 Å². The Balaban J connectivity index is 1.60. The van der Waals surface area contributed by atoms with E-state index < -0.39 is 0 Å². The third-order valence-corrected chi connectivity index (χ3v) is 4.48. The first-order chi connectivity index (χ1) is 11.7. The molecule has 0 aliphatic carbocycles. The van der Waals surface area contributed by atoms with Gasteiger partial charge in [0.05, 0.1) is 13.0 Å². The molecule has 0 saturated carbocycles. The van der Waals surface area contributed by atoms with Crippen molar-refractivity contribution in [3.05, 3.63) is 41.5 Å². The highest BCUT2D eigenvalue weighted by atomic mass is 16.5. The van der Waals surface area contributed by atoms with E-state index in [9.17, 15) is 4.79 Å². The second-order valence-electron chi connectivity index (χ2n) is 6.08. The Morgan fingerprint density at radius 3 is 2.79 bits per heavy atom. The number of benzene rings is 1. The van der Waals surface area contributed by atoms with Crippen molar-refractivity contribution in [1.82, 2.24) is 15.0 Å². The highest BCUT2D eigenvalue weighted by Crippen LogP contribution is 2.26. The number of carbonyl (C=O) groups excluding carboxylic acids is 1. The molecule has 0 bridgehead atoms. The summed E-state index contributed by atoms with van der Waals surface area (Å²) in [7, 11) is 1.66. The molecule has 128 valence electrons.